The molecule has 1 saturated heterocycles. The third kappa shape index (κ3) is 4.21. The predicted octanol–water partition coefficient (Wildman–Crippen LogP) is 3.18. The first-order chi connectivity index (χ1) is 12.0. The lowest BCUT2D eigenvalue weighted by molar-refractivity contribution is -0.126. The number of carbonyl (C=O) groups excluding carboxylic acids is 2. The van der Waals surface area contributed by atoms with Gasteiger partial charge >= 0.3 is 0 Å². The lowest BCUT2D eigenvalue weighted by Crippen LogP contribution is -2.45. The van der Waals surface area contributed by atoms with Gasteiger partial charge in [-0.25, -0.2) is 0 Å². The summed E-state index contributed by atoms with van der Waals surface area (Å²) in [6, 6.07) is 9.76. The number of H-pyrrole nitrogens is 1. The van der Waals surface area contributed by atoms with Crippen LogP contribution in [-0.2, 0) is 4.79 Å². The molecule has 3 rings (SSSR count). The molecule has 2 heterocycles. The summed E-state index contributed by atoms with van der Waals surface area (Å²) < 4.78 is 0. The summed E-state index contributed by atoms with van der Waals surface area (Å²) >= 11 is 0. The first-order valence-electron chi connectivity index (χ1n) is 9.19. The maximum absolute atomic E-state index is 12.8. The lowest BCUT2D eigenvalue weighted by atomic mass is 9.96. The Labute approximate surface area is 148 Å². The standard InChI is InChI=1S/C20H27N3O2/c1-14(2)9-10-21-19(24)16-7-5-11-23(13-16)20(25)18-12-15-6-3-4-8-17(15)22-18/h3-4,6,8,12,14,16,22H,5,7,9-11,13H2,1-2H3,(H,21,24). The molecule has 0 saturated carbocycles. The van der Waals surface area contributed by atoms with Crippen LogP contribution in [0.1, 0.15) is 43.6 Å². The van der Waals surface area contributed by atoms with Crippen molar-refractivity contribution in [3.8, 4) is 0 Å². The first kappa shape index (κ1) is 17.5. The van der Waals surface area contributed by atoms with Crippen LogP contribution < -0.4 is 5.32 Å². The van der Waals surface area contributed by atoms with Crippen molar-refractivity contribution in [1.82, 2.24) is 15.2 Å². The summed E-state index contributed by atoms with van der Waals surface area (Å²) in [5, 5.41) is 4.05. The van der Waals surface area contributed by atoms with Crippen molar-refractivity contribution in [2.24, 2.45) is 11.8 Å². The van der Waals surface area contributed by atoms with Gasteiger partial charge < -0.3 is 15.2 Å². The van der Waals surface area contributed by atoms with Crippen molar-refractivity contribution < 1.29 is 9.59 Å². The molecule has 2 N–H and O–H groups in total. The molecule has 1 fully saturated rings. The smallest absolute Gasteiger partial charge is 0.270 e. The van der Waals surface area contributed by atoms with Gasteiger partial charge in [0, 0.05) is 30.5 Å². The van der Waals surface area contributed by atoms with Crippen LogP contribution in [0.5, 0.6) is 0 Å². The molecule has 1 atom stereocenters. The highest BCUT2D eigenvalue weighted by Crippen LogP contribution is 2.21. The van der Waals surface area contributed by atoms with Crippen molar-refractivity contribution >= 4 is 22.7 Å². The van der Waals surface area contributed by atoms with Crippen LogP contribution in [0.25, 0.3) is 10.9 Å². The molecule has 2 aromatic rings. The van der Waals surface area contributed by atoms with Crippen LogP contribution in [0, 0.1) is 11.8 Å². The number of rotatable bonds is 5. The number of carbonyl (C=O) groups is 2. The van der Waals surface area contributed by atoms with E-state index in [9.17, 15) is 9.59 Å². The number of benzene rings is 1. The number of nitrogens with zero attached hydrogens (tertiary/aromatic N) is 1. The largest absolute Gasteiger partial charge is 0.356 e. The number of amides is 2. The van der Waals surface area contributed by atoms with Gasteiger partial charge in [0.05, 0.1) is 5.92 Å². The third-order valence-corrected chi connectivity index (χ3v) is 4.86. The minimum atomic E-state index is -0.103. The second kappa shape index (κ2) is 7.72. The molecule has 0 aliphatic carbocycles. The van der Waals surface area contributed by atoms with E-state index < -0.39 is 0 Å². The van der Waals surface area contributed by atoms with E-state index in [-0.39, 0.29) is 17.7 Å². The molecule has 5 heteroatoms. The molecule has 1 aromatic carbocycles. The van der Waals surface area contributed by atoms with Gasteiger partial charge in [-0.1, -0.05) is 32.0 Å². The van der Waals surface area contributed by atoms with E-state index in [1.807, 2.05) is 30.3 Å². The topological polar surface area (TPSA) is 65.2 Å². The summed E-state index contributed by atoms with van der Waals surface area (Å²) in [6.07, 6.45) is 2.70. The zero-order valence-corrected chi connectivity index (χ0v) is 15.0. The molecule has 1 unspecified atom stereocenters. The van der Waals surface area contributed by atoms with Gasteiger partial charge in [0.25, 0.3) is 5.91 Å². The number of aromatic amines is 1. The highest BCUT2D eigenvalue weighted by atomic mass is 16.2. The van der Waals surface area contributed by atoms with Gasteiger partial charge in [0.15, 0.2) is 0 Å². The quantitative estimate of drug-likeness (QED) is 0.877. The second-order valence-electron chi connectivity index (χ2n) is 7.33. The van der Waals surface area contributed by atoms with Gasteiger partial charge in [0.2, 0.25) is 5.91 Å². The fourth-order valence-corrected chi connectivity index (χ4v) is 3.36. The van der Waals surface area contributed by atoms with E-state index in [1.54, 1.807) is 4.90 Å². The molecular formula is C20H27N3O2. The maximum atomic E-state index is 12.8. The number of fused-ring (bicyclic) bond motifs is 1. The molecule has 0 radical (unpaired) electrons. The number of nitrogens with one attached hydrogen (secondary N) is 2. The molecule has 134 valence electrons. The van der Waals surface area contributed by atoms with Gasteiger partial charge in [-0.2, -0.15) is 0 Å². The summed E-state index contributed by atoms with van der Waals surface area (Å²) in [6.45, 7) is 6.22. The molecular weight excluding hydrogens is 314 g/mol. The summed E-state index contributed by atoms with van der Waals surface area (Å²) in [4.78, 5) is 30.2. The first-order valence-corrected chi connectivity index (χ1v) is 9.19. The van der Waals surface area contributed by atoms with E-state index in [1.165, 1.54) is 0 Å². The number of para-hydroxylation sites is 1. The van der Waals surface area contributed by atoms with Crippen LogP contribution in [0.3, 0.4) is 0 Å². The van der Waals surface area contributed by atoms with Gasteiger partial charge in [-0.15, -0.1) is 0 Å². The number of aromatic nitrogens is 1. The average Bonchev–Trinajstić information content (AvgIpc) is 3.05. The number of hydrogen-bond acceptors (Lipinski definition) is 2. The molecule has 1 aromatic heterocycles. The molecule has 5 nitrogen and oxygen atoms in total. The van der Waals surface area contributed by atoms with Gasteiger partial charge in [-0.3, -0.25) is 9.59 Å². The van der Waals surface area contributed by atoms with Gasteiger partial charge in [0.1, 0.15) is 5.69 Å². The van der Waals surface area contributed by atoms with Gasteiger partial charge in [-0.05, 0) is 37.3 Å². The normalized spacial score (nSPS) is 17.9. The maximum Gasteiger partial charge on any atom is 0.270 e. The Morgan fingerprint density at radius 3 is 2.88 bits per heavy atom. The zero-order valence-electron chi connectivity index (χ0n) is 15.0. The third-order valence-electron chi connectivity index (χ3n) is 4.86. The Kier molecular flexibility index (Phi) is 5.41. The van der Waals surface area contributed by atoms with Crippen molar-refractivity contribution in [1.29, 1.82) is 0 Å². The molecule has 1 aliphatic rings. The monoisotopic (exact) mass is 341 g/mol. The Hall–Kier alpha value is -2.30. The van der Waals surface area contributed by atoms with Crippen LogP contribution in [0.2, 0.25) is 0 Å². The number of likely N-dealkylation sites (tertiary alicyclic amines) is 1. The highest BCUT2D eigenvalue weighted by molar-refractivity contribution is 5.98. The Balaban J connectivity index is 1.62. The van der Waals surface area contributed by atoms with E-state index in [0.29, 0.717) is 31.2 Å². The molecule has 0 bridgehead atoms. The highest BCUT2D eigenvalue weighted by Gasteiger charge is 2.29. The minimum Gasteiger partial charge on any atom is -0.356 e. The van der Waals surface area contributed by atoms with E-state index in [0.717, 1.165) is 30.2 Å². The molecule has 1 aliphatic heterocycles. The lowest BCUT2D eigenvalue weighted by Gasteiger charge is -2.31. The van der Waals surface area contributed by atoms with E-state index in [4.69, 9.17) is 0 Å². The number of piperidine rings is 1. The van der Waals surface area contributed by atoms with E-state index >= 15 is 0 Å². The Bertz CT molecular complexity index is 717. The SMILES string of the molecule is CC(C)CCNC(=O)C1CCCN(C(=O)c2cc3ccccc3[nH]2)C1. The zero-order chi connectivity index (χ0) is 17.8. The van der Waals surface area contributed by atoms with Crippen LogP contribution in [0.15, 0.2) is 30.3 Å². The van der Waals surface area contributed by atoms with Crippen LogP contribution in [-0.4, -0.2) is 41.3 Å². The molecule has 25 heavy (non-hydrogen) atoms. The molecule has 0 spiro atoms. The Morgan fingerprint density at radius 1 is 1.32 bits per heavy atom. The van der Waals surface area contributed by atoms with Crippen molar-refractivity contribution in [3.63, 3.8) is 0 Å². The van der Waals surface area contributed by atoms with Crippen molar-refractivity contribution in [2.75, 3.05) is 19.6 Å². The fourth-order valence-electron chi connectivity index (χ4n) is 3.36. The Morgan fingerprint density at radius 2 is 2.12 bits per heavy atom. The molecule has 2 amide bonds. The van der Waals surface area contributed by atoms with Crippen molar-refractivity contribution in [2.45, 2.75) is 33.1 Å². The number of hydrogen-bond donors (Lipinski definition) is 2. The summed E-state index contributed by atoms with van der Waals surface area (Å²) in [5.74, 6) is 0.534. The van der Waals surface area contributed by atoms with Crippen LogP contribution in [0.4, 0.5) is 0 Å². The summed E-state index contributed by atoms with van der Waals surface area (Å²) in [7, 11) is 0. The minimum absolute atomic E-state index is 0.0177. The van der Waals surface area contributed by atoms with E-state index in [2.05, 4.69) is 24.1 Å². The predicted molar refractivity (Wildman–Crippen MR) is 99.4 cm³/mol. The van der Waals surface area contributed by atoms with Crippen molar-refractivity contribution in [3.05, 3.63) is 36.0 Å². The average molecular weight is 341 g/mol. The fraction of sp³-hybridized carbons (Fsp3) is 0.500. The van der Waals surface area contributed by atoms with Crippen LogP contribution >= 0.6 is 0 Å². The summed E-state index contributed by atoms with van der Waals surface area (Å²) in [5.41, 5.74) is 1.56. The second-order valence-corrected chi connectivity index (χ2v) is 7.33.